The number of hydrogen-bond donors (Lipinski definition) is 2. The molecule has 1 aromatic rings. The van der Waals surface area contributed by atoms with Gasteiger partial charge in [-0.3, -0.25) is 4.90 Å². The van der Waals surface area contributed by atoms with Crippen molar-refractivity contribution < 1.29 is 5.21 Å². The monoisotopic (exact) mass is 310 g/mol. The zero-order valence-electron chi connectivity index (χ0n) is 12.6. The number of piperazine rings is 1. The van der Waals surface area contributed by atoms with Gasteiger partial charge in [-0.15, -0.1) is 0 Å². The van der Waals surface area contributed by atoms with E-state index in [1.807, 2.05) is 12.1 Å². The Morgan fingerprint density at radius 1 is 1.33 bits per heavy atom. The highest BCUT2D eigenvalue weighted by molar-refractivity contribution is 6.31. The second-order valence-corrected chi connectivity index (χ2v) is 6.26. The van der Waals surface area contributed by atoms with E-state index >= 15 is 0 Å². The van der Waals surface area contributed by atoms with E-state index in [0.29, 0.717) is 16.5 Å². The summed E-state index contributed by atoms with van der Waals surface area (Å²) in [5.41, 5.74) is 7.42. The van der Waals surface area contributed by atoms with Crippen molar-refractivity contribution in [3.63, 3.8) is 0 Å². The van der Waals surface area contributed by atoms with Gasteiger partial charge in [0.05, 0.1) is 0 Å². The van der Waals surface area contributed by atoms with Gasteiger partial charge >= 0.3 is 0 Å². The van der Waals surface area contributed by atoms with E-state index in [-0.39, 0.29) is 5.84 Å². The van der Waals surface area contributed by atoms with Crippen molar-refractivity contribution in [1.29, 1.82) is 0 Å². The average Bonchev–Trinajstić information content (AvgIpc) is 2.47. The first-order valence-electron chi connectivity index (χ1n) is 7.26. The van der Waals surface area contributed by atoms with Gasteiger partial charge in [-0.05, 0) is 24.1 Å². The normalized spacial score (nSPS) is 17.5. The first-order valence-corrected chi connectivity index (χ1v) is 7.63. The summed E-state index contributed by atoms with van der Waals surface area (Å²) in [6, 6.07) is 5.52. The lowest BCUT2D eigenvalue weighted by molar-refractivity contribution is 0.231. The molecule has 116 valence electrons. The minimum Gasteiger partial charge on any atom is -0.409 e. The molecular formula is C15H23ClN4O. The SMILES string of the molecule is CC(C)CN1CCN(c2ccc(Cl)cc2C(N)=NO)CC1. The van der Waals surface area contributed by atoms with Crippen LogP contribution in [0.25, 0.3) is 0 Å². The van der Waals surface area contributed by atoms with Gasteiger partial charge < -0.3 is 15.8 Å². The van der Waals surface area contributed by atoms with Crippen LogP contribution in [0.4, 0.5) is 5.69 Å². The van der Waals surface area contributed by atoms with Crippen molar-refractivity contribution in [2.45, 2.75) is 13.8 Å². The van der Waals surface area contributed by atoms with Crippen LogP contribution in [0.5, 0.6) is 0 Å². The number of nitrogens with two attached hydrogens (primary N) is 1. The molecule has 0 radical (unpaired) electrons. The van der Waals surface area contributed by atoms with Crippen molar-refractivity contribution in [2.24, 2.45) is 16.8 Å². The van der Waals surface area contributed by atoms with E-state index < -0.39 is 0 Å². The molecule has 0 saturated carbocycles. The summed E-state index contributed by atoms with van der Waals surface area (Å²) in [5, 5.41) is 12.6. The van der Waals surface area contributed by atoms with Crippen LogP contribution in [0, 0.1) is 5.92 Å². The summed E-state index contributed by atoms with van der Waals surface area (Å²) < 4.78 is 0. The lowest BCUT2D eigenvalue weighted by Crippen LogP contribution is -2.47. The number of rotatable bonds is 4. The number of anilines is 1. The molecule has 0 atom stereocenters. The minimum atomic E-state index is 0.0945. The number of nitrogens with zero attached hydrogens (tertiary/aromatic N) is 3. The fourth-order valence-electron chi connectivity index (χ4n) is 2.73. The first kappa shape index (κ1) is 15.9. The Morgan fingerprint density at radius 3 is 2.57 bits per heavy atom. The van der Waals surface area contributed by atoms with E-state index in [4.69, 9.17) is 22.5 Å². The average molecular weight is 311 g/mol. The molecule has 2 rings (SSSR count). The van der Waals surface area contributed by atoms with Gasteiger partial charge in [0, 0.05) is 49.0 Å². The first-order chi connectivity index (χ1) is 10.0. The molecular weight excluding hydrogens is 288 g/mol. The van der Waals surface area contributed by atoms with E-state index in [1.54, 1.807) is 6.07 Å². The number of halogens is 1. The van der Waals surface area contributed by atoms with Crippen LogP contribution in [0.3, 0.4) is 0 Å². The van der Waals surface area contributed by atoms with Crippen molar-refractivity contribution in [3.8, 4) is 0 Å². The molecule has 1 saturated heterocycles. The molecule has 0 unspecified atom stereocenters. The molecule has 3 N–H and O–H groups in total. The highest BCUT2D eigenvalue weighted by Gasteiger charge is 2.21. The predicted octanol–water partition coefficient (Wildman–Crippen LogP) is 2.21. The highest BCUT2D eigenvalue weighted by atomic mass is 35.5. The van der Waals surface area contributed by atoms with Gasteiger partial charge in [0.1, 0.15) is 0 Å². The fraction of sp³-hybridized carbons (Fsp3) is 0.533. The Morgan fingerprint density at radius 2 is 2.00 bits per heavy atom. The van der Waals surface area contributed by atoms with Gasteiger partial charge in [0.15, 0.2) is 5.84 Å². The molecule has 21 heavy (non-hydrogen) atoms. The predicted molar refractivity (Wildman–Crippen MR) is 87.5 cm³/mol. The Hall–Kier alpha value is -1.46. The third-order valence-electron chi connectivity index (χ3n) is 3.68. The van der Waals surface area contributed by atoms with Crippen LogP contribution in [-0.2, 0) is 0 Å². The quantitative estimate of drug-likeness (QED) is 0.387. The Labute approximate surface area is 131 Å². The summed E-state index contributed by atoms with van der Waals surface area (Å²) in [4.78, 5) is 4.74. The number of amidine groups is 1. The molecule has 0 spiro atoms. The summed E-state index contributed by atoms with van der Waals surface area (Å²) >= 11 is 6.02. The molecule has 0 bridgehead atoms. The van der Waals surface area contributed by atoms with Crippen LogP contribution in [0.2, 0.25) is 5.02 Å². The Balaban J connectivity index is 2.13. The van der Waals surface area contributed by atoms with E-state index in [1.165, 1.54) is 0 Å². The van der Waals surface area contributed by atoms with Gasteiger partial charge in [0.25, 0.3) is 0 Å². The number of oxime groups is 1. The molecule has 6 heteroatoms. The second kappa shape index (κ2) is 7.00. The standard InChI is InChI=1S/C15H23ClN4O/c1-11(2)10-19-5-7-20(8-6-19)14-4-3-12(16)9-13(14)15(17)18-21/h3-4,9,11,21H,5-8,10H2,1-2H3,(H2,17,18). The molecule has 1 aromatic carbocycles. The van der Waals surface area contributed by atoms with Crippen LogP contribution >= 0.6 is 11.6 Å². The fourth-order valence-corrected chi connectivity index (χ4v) is 2.90. The van der Waals surface area contributed by atoms with Gasteiger partial charge in [-0.25, -0.2) is 0 Å². The lowest BCUT2D eigenvalue weighted by Gasteiger charge is -2.37. The molecule has 0 amide bonds. The zero-order valence-corrected chi connectivity index (χ0v) is 13.3. The maximum atomic E-state index is 8.94. The third-order valence-corrected chi connectivity index (χ3v) is 3.91. The van der Waals surface area contributed by atoms with Gasteiger partial charge in [-0.2, -0.15) is 0 Å². The summed E-state index contributed by atoms with van der Waals surface area (Å²) in [6.07, 6.45) is 0. The van der Waals surface area contributed by atoms with Crippen molar-refractivity contribution in [3.05, 3.63) is 28.8 Å². The van der Waals surface area contributed by atoms with Crippen LogP contribution < -0.4 is 10.6 Å². The third kappa shape index (κ3) is 4.02. The summed E-state index contributed by atoms with van der Waals surface area (Å²) in [7, 11) is 0. The zero-order chi connectivity index (χ0) is 15.4. The smallest absolute Gasteiger partial charge is 0.172 e. The maximum Gasteiger partial charge on any atom is 0.172 e. The lowest BCUT2D eigenvalue weighted by atomic mass is 10.1. The molecule has 1 fully saturated rings. The molecule has 0 aromatic heterocycles. The molecule has 1 heterocycles. The second-order valence-electron chi connectivity index (χ2n) is 5.83. The number of hydrogen-bond acceptors (Lipinski definition) is 4. The van der Waals surface area contributed by atoms with Gasteiger partial charge in [0.2, 0.25) is 0 Å². The largest absolute Gasteiger partial charge is 0.409 e. The number of benzene rings is 1. The topological polar surface area (TPSA) is 65.1 Å². The molecule has 1 aliphatic rings. The van der Waals surface area contributed by atoms with Crippen molar-refractivity contribution in [1.82, 2.24) is 4.90 Å². The van der Waals surface area contributed by atoms with Gasteiger partial charge in [-0.1, -0.05) is 30.6 Å². The van der Waals surface area contributed by atoms with E-state index in [9.17, 15) is 0 Å². The minimum absolute atomic E-state index is 0.0945. The van der Waals surface area contributed by atoms with Crippen molar-refractivity contribution in [2.75, 3.05) is 37.6 Å². The summed E-state index contributed by atoms with van der Waals surface area (Å²) in [6.45, 7) is 9.51. The Bertz CT molecular complexity index is 510. The molecule has 0 aliphatic carbocycles. The maximum absolute atomic E-state index is 8.94. The van der Waals surface area contributed by atoms with Crippen LogP contribution in [-0.4, -0.2) is 48.7 Å². The van der Waals surface area contributed by atoms with Crippen LogP contribution in [0.1, 0.15) is 19.4 Å². The van der Waals surface area contributed by atoms with Crippen molar-refractivity contribution >= 4 is 23.1 Å². The van der Waals surface area contributed by atoms with Crippen LogP contribution in [0.15, 0.2) is 23.4 Å². The van der Waals surface area contributed by atoms with E-state index in [2.05, 4.69) is 28.8 Å². The molecule has 1 aliphatic heterocycles. The summed E-state index contributed by atoms with van der Waals surface area (Å²) in [5.74, 6) is 0.775. The van der Waals surface area contributed by atoms with E-state index in [0.717, 1.165) is 38.4 Å². The molecule has 5 nitrogen and oxygen atoms in total. The Kier molecular flexibility index (Phi) is 5.31. The highest BCUT2D eigenvalue weighted by Crippen LogP contribution is 2.25.